The van der Waals surface area contributed by atoms with Crippen LogP contribution in [-0.2, 0) is 14.0 Å². The molecule has 0 fully saturated rings. The Bertz CT molecular complexity index is 145. The molecule has 0 saturated heterocycles. The quantitative estimate of drug-likeness (QED) is 0.490. The van der Waals surface area contributed by atoms with Gasteiger partial charge in [0.1, 0.15) is 0 Å². The molecular formula is C8H18O3Si. The Labute approximate surface area is 75.2 Å². The van der Waals surface area contributed by atoms with Gasteiger partial charge in [-0.05, 0) is 20.0 Å². The zero-order valence-corrected chi connectivity index (χ0v) is 9.35. The summed E-state index contributed by atoms with van der Waals surface area (Å²) in [6.45, 7) is 8.88. The minimum absolute atomic E-state index is 0.178. The molecule has 0 aliphatic rings. The Kier molecular flexibility index (Phi) is 5.16. The molecule has 12 heavy (non-hydrogen) atoms. The van der Waals surface area contributed by atoms with Gasteiger partial charge in [0.15, 0.2) is 0 Å². The average molecular weight is 190 g/mol. The van der Waals surface area contributed by atoms with Crippen molar-refractivity contribution in [1.82, 2.24) is 0 Å². The molecule has 0 unspecified atom stereocenters. The van der Waals surface area contributed by atoms with Crippen LogP contribution in [0.3, 0.4) is 0 Å². The summed E-state index contributed by atoms with van der Waals surface area (Å²) in [7, 11) is -1.78. The molecular weight excluding hydrogens is 172 g/mol. The summed E-state index contributed by atoms with van der Waals surface area (Å²) in [5.74, 6) is -0.178. The van der Waals surface area contributed by atoms with Gasteiger partial charge in [-0.3, -0.25) is 4.79 Å². The SMILES string of the molecule is CCOCC[Si](C)(C)OC(C)=O. The summed E-state index contributed by atoms with van der Waals surface area (Å²) >= 11 is 0. The topological polar surface area (TPSA) is 35.5 Å². The van der Waals surface area contributed by atoms with Gasteiger partial charge in [-0.25, -0.2) is 0 Å². The molecule has 72 valence electrons. The fourth-order valence-corrected chi connectivity index (χ4v) is 2.42. The Morgan fingerprint density at radius 2 is 2.00 bits per heavy atom. The lowest BCUT2D eigenvalue weighted by Crippen LogP contribution is -2.33. The van der Waals surface area contributed by atoms with E-state index in [4.69, 9.17) is 9.16 Å². The lowest BCUT2D eigenvalue weighted by molar-refractivity contribution is -0.132. The molecule has 4 heteroatoms. The molecule has 0 aliphatic heterocycles. The predicted molar refractivity (Wildman–Crippen MR) is 50.5 cm³/mol. The lowest BCUT2D eigenvalue weighted by atomic mass is 10.8. The van der Waals surface area contributed by atoms with Crippen molar-refractivity contribution in [1.29, 1.82) is 0 Å². The maximum atomic E-state index is 10.7. The number of hydrogen-bond acceptors (Lipinski definition) is 3. The first kappa shape index (κ1) is 11.6. The zero-order valence-electron chi connectivity index (χ0n) is 8.35. The van der Waals surface area contributed by atoms with Gasteiger partial charge in [0.25, 0.3) is 14.3 Å². The van der Waals surface area contributed by atoms with Crippen molar-refractivity contribution in [2.45, 2.75) is 33.0 Å². The van der Waals surface area contributed by atoms with Crippen molar-refractivity contribution >= 4 is 14.3 Å². The van der Waals surface area contributed by atoms with Crippen LogP contribution < -0.4 is 0 Å². The van der Waals surface area contributed by atoms with E-state index in [-0.39, 0.29) is 5.97 Å². The van der Waals surface area contributed by atoms with E-state index in [2.05, 4.69) is 0 Å². The minimum Gasteiger partial charge on any atom is -0.520 e. The second-order valence-electron chi connectivity index (χ2n) is 3.30. The highest BCUT2D eigenvalue weighted by Gasteiger charge is 2.24. The lowest BCUT2D eigenvalue weighted by Gasteiger charge is -2.21. The number of carbonyl (C=O) groups excluding carboxylic acids is 1. The van der Waals surface area contributed by atoms with E-state index in [9.17, 15) is 4.79 Å². The molecule has 0 spiro atoms. The fourth-order valence-electron chi connectivity index (χ4n) is 0.902. The third-order valence-electron chi connectivity index (χ3n) is 1.47. The van der Waals surface area contributed by atoms with Crippen molar-refractivity contribution < 1.29 is 14.0 Å². The summed E-state index contributed by atoms with van der Waals surface area (Å²) in [4.78, 5) is 10.7. The van der Waals surface area contributed by atoms with Crippen LogP contribution in [0.25, 0.3) is 0 Å². The Hall–Kier alpha value is -0.353. The number of carbonyl (C=O) groups is 1. The van der Waals surface area contributed by atoms with Crippen molar-refractivity contribution in [3.63, 3.8) is 0 Å². The van der Waals surface area contributed by atoms with Gasteiger partial charge >= 0.3 is 0 Å². The van der Waals surface area contributed by atoms with E-state index < -0.39 is 8.32 Å². The molecule has 0 heterocycles. The predicted octanol–water partition coefficient (Wildman–Crippen LogP) is 1.79. The summed E-state index contributed by atoms with van der Waals surface area (Å²) in [5.41, 5.74) is 0. The van der Waals surface area contributed by atoms with E-state index in [1.165, 1.54) is 6.92 Å². The molecule has 0 aromatic rings. The number of rotatable bonds is 5. The summed E-state index contributed by atoms with van der Waals surface area (Å²) in [5, 5.41) is 0. The molecule has 0 amide bonds. The second-order valence-corrected chi connectivity index (χ2v) is 7.52. The largest absolute Gasteiger partial charge is 0.520 e. The van der Waals surface area contributed by atoms with Crippen LogP contribution in [0, 0.1) is 0 Å². The fraction of sp³-hybridized carbons (Fsp3) is 0.875. The zero-order chi connectivity index (χ0) is 9.61. The van der Waals surface area contributed by atoms with Crippen LogP contribution in [0.1, 0.15) is 13.8 Å². The molecule has 3 nitrogen and oxygen atoms in total. The van der Waals surface area contributed by atoms with Gasteiger partial charge in [0.05, 0.1) is 0 Å². The van der Waals surface area contributed by atoms with E-state index >= 15 is 0 Å². The van der Waals surface area contributed by atoms with Crippen molar-refractivity contribution in [3.8, 4) is 0 Å². The standard InChI is InChI=1S/C8H18O3Si/c1-5-10-6-7-12(3,4)11-8(2)9/h5-7H2,1-4H3. The average Bonchev–Trinajstić information content (AvgIpc) is 1.84. The Morgan fingerprint density at radius 3 is 2.42 bits per heavy atom. The minimum atomic E-state index is -1.78. The van der Waals surface area contributed by atoms with Gasteiger partial charge in [-0.15, -0.1) is 0 Å². The van der Waals surface area contributed by atoms with Gasteiger partial charge in [0, 0.05) is 26.2 Å². The summed E-state index contributed by atoms with van der Waals surface area (Å²) < 4.78 is 10.4. The van der Waals surface area contributed by atoms with Gasteiger partial charge in [-0.1, -0.05) is 0 Å². The maximum absolute atomic E-state index is 10.7. The monoisotopic (exact) mass is 190 g/mol. The van der Waals surface area contributed by atoms with Crippen LogP contribution in [0.15, 0.2) is 0 Å². The van der Waals surface area contributed by atoms with E-state index in [0.717, 1.165) is 12.7 Å². The molecule has 0 N–H and O–H groups in total. The van der Waals surface area contributed by atoms with Gasteiger partial charge < -0.3 is 9.16 Å². The van der Waals surface area contributed by atoms with Crippen LogP contribution in [0.5, 0.6) is 0 Å². The molecule has 0 saturated carbocycles. The van der Waals surface area contributed by atoms with E-state index in [1.807, 2.05) is 20.0 Å². The first-order valence-corrected chi connectivity index (χ1v) is 7.37. The summed E-state index contributed by atoms with van der Waals surface area (Å²) in [6.07, 6.45) is 0. The van der Waals surface area contributed by atoms with Gasteiger partial charge in [-0.2, -0.15) is 0 Å². The summed E-state index contributed by atoms with van der Waals surface area (Å²) in [6, 6.07) is 0.875. The third kappa shape index (κ3) is 6.36. The van der Waals surface area contributed by atoms with Crippen LogP contribution in [0.2, 0.25) is 19.1 Å². The number of ether oxygens (including phenoxy) is 1. The second kappa shape index (κ2) is 5.32. The van der Waals surface area contributed by atoms with Crippen LogP contribution in [0.4, 0.5) is 0 Å². The normalized spacial score (nSPS) is 11.3. The highest BCUT2D eigenvalue weighted by molar-refractivity contribution is 6.72. The highest BCUT2D eigenvalue weighted by Crippen LogP contribution is 2.10. The maximum Gasteiger partial charge on any atom is 0.289 e. The molecule has 0 radical (unpaired) electrons. The van der Waals surface area contributed by atoms with E-state index in [0.29, 0.717) is 6.61 Å². The molecule has 0 aliphatic carbocycles. The van der Waals surface area contributed by atoms with Crippen LogP contribution >= 0.6 is 0 Å². The molecule has 0 aromatic heterocycles. The van der Waals surface area contributed by atoms with Crippen LogP contribution in [-0.4, -0.2) is 27.5 Å². The highest BCUT2D eigenvalue weighted by atomic mass is 28.4. The van der Waals surface area contributed by atoms with Crippen molar-refractivity contribution in [2.24, 2.45) is 0 Å². The molecule has 0 aromatic carbocycles. The van der Waals surface area contributed by atoms with Gasteiger partial charge in [0.2, 0.25) is 0 Å². The molecule has 0 rings (SSSR count). The molecule has 0 atom stereocenters. The third-order valence-corrected chi connectivity index (χ3v) is 3.72. The first-order valence-electron chi connectivity index (χ1n) is 4.25. The Balaban J connectivity index is 3.63. The van der Waals surface area contributed by atoms with Crippen molar-refractivity contribution in [2.75, 3.05) is 13.2 Å². The van der Waals surface area contributed by atoms with E-state index in [1.54, 1.807) is 0 Å². The smallest absolute Gasteiger partial charge is 0.289 e. The first-order chi connectivity index (χ1) is 5.48. The molecule has 0 bridgehead atoms. The van der Waals surface area contributed by atoms with Crippen molar-refractivity contribution in [3.05, 3.63) is 0 Å². The Morgan fingerprint density at radius 1 is 1.42 bits per heavy atom. The number of hydrogen-bond donors (Lipinski definition) is 0.